The highest BCUT2D eigenvalue weighted by molar-refractivity contribution is 7.88. The third-order valence-electron chi connectivity index (χ3n) is 2.97. The molecule has 1 rings (SSSR count). The van der Waals surface area contributed by atoms with E-state index in [9.17, 15) is 8.42 Å². The van der Waals surface area contributed by atoms with Crippen LogP contribution in [0.5, 0.6) is 0 Å². The lowest BCUT2D eigenvalue weighted by molar-refractivity contribution is 0.419. The Morgan fingerprint density at radius 1 is 1.40 bits per heavy atom. The lowest BCUT2D eigenvalue weighted by Crippen LogP contribution is -2.32. The summed E-state index contributed by atoms with van der Waals surface area (Å²) in [6, 6.07) is 9.55. The number of nitrogens with one attached hydrogen (secondary N) is 1. The molecule has 0 aliphatic carbocycles. The van der Waals surface area contributed by atoms with Crippen LogP contribution >= 0.6 is 0 Å². The number of nitrogens with zero attached hydrogens (tertiary/aromatic N) is 2. The summed E-state index contributed by atoms with van der Waals surface area (Å²) in [6.45, 7) is 4.29. The Bertz CT molecular complexity index is 564. The summed E-state index contributed by atoms with van der Waals surface area (Å²) in [7, 11) is -3.09. The van der Waals surface area contributed by atoms with Crippen LogP contribution < -0.4 is 5.32 Å². The van der Waals surface area contributed by atoms with Crippen molar-refractivity contribution in [2.75, 3.05) is 25.9 Å². The summed E-state index contributed by atoms with van der Waals surface area (Å²) in [4.78, 5) is 0. The zero-order chi connectivity index (χ0) is 15.0. The zero-order valence-electron chi connectivity index (χ0n) is 12.0. The quantitative estimate of drug-likeness (QED) is 0.734. The SMILES string of the molecule is CCN(CCCNCc1cccc(C#N)c1)S(C)(=O)=O. The smallest absolute Gasteiger partial charge is 0.211 e. The van der Waals surface area contributed by atoms with E-state index in [0.717, 1.165) is 18.5 Å². The van der Waals surface area contributed by atoms with Crippen molar-refractivity contribution in [2.24, 2.45) is 0 Å². The third kappa shape index (κ3) is 5.70. The van der Waals surface area contributed by atoms with Crippen LogP contribution in [0.15, 0.2) is 24.3 Å². The van der Waals surface area contributed by atoms with E-state index >= 15 is 0 Å². The van der Waals surface area contributed by atoms with Crippen LogP contribution in [-0.2, 0) is 16.6 Å². The van der Waals surface area contributed by atoms with Crippen molar-refractivity contribution in [1.29, 1.82) is 5.26 Å². The number of nitriles is 1. The van der Waals surface area contributed by atoms with Crippen molar-refractivity contribution in [3.8, 4) is 6.07 Å². The van der Waals surface area contributed by atoms with Gasteiger partial charge in [-0.25, -0.2) is 12.7 Å². The number of sulfonamides is 1. The van der Waals surface area contributed by atoms with Crippen molar-refractivity contribution >= 4 is 10.0 Å². The first-order valence-electron chi connectivity index (χ1n) is 6.62. The van der Waals surface area contributed by atoms with Gasteiger partial charge in [0, 0.05) is 19.6 Å². The van der Waals surface area contributed by atoms with Gasteiger partial charge < -0.3 is 5.32 Å². The van der Waals surface area contributed by atoms with E-state index in [1.165, 1.54) is 10.6 Å². The summed E-state index contributed by atoms with van der Waals surface area (Å²) in [5, 5.41) is 12.1. The Labute approximate surface area is 121 Å². The summed E-state index contributed by atoms with van der Waals surface area (Å²) in [5.74, 6) is 0. The fourth-order valence-corrected chi connectivity index (χ4v) is 2.85. The fraction of sp³-hybridized carbons (Fsp3) is 0.500. The van der Waals surface area contributed by atoms with Crippen LogP contribution in [-0.4, -0.2) is 38.6 Å². The first-order valence-corrected chi connectivity index (χ1v) is 8.47. The van der Waals surface area contributed by atoms with E-state index in [0.29, 0.717) is 25.2 Å². The van der Waals surface area contributed by atoms with E-state index in [1.807, 2.05) is 25.1 Å². The molecule has 0 heterocycles. The normalized spacial score (nSPS) is 11.5. The molecule has 0 radical (unpaired) electrons. The Hall–Kier alpha value is -1.42. The van der Waals surface area contributed by atoms with Gasteiger partial charge in [0.25, 0.3) is 0 Å². The molecule has 0 spiro atoms. The second-order valence-corrected chi connectivity index (χ2v) is 6.58. The topological polar surface area (TPSA) is 73.2 Å². The molecule has 0 unspecified atom stereocenters. The minimum atomic E-state index is -3.09. The van der Waals surface area contributed by atoms with Crippen LogP contribution in [0.3, 0.4) is 0 Å². The van der Waals surface area contributed by atoms with Crippen LogP contribution in [0.25, 0.3) is 0 Å². The molecule has 0 atom stereocenters. The van der Waals surface area contributed by atoms with Gasteiger partial charge in [0.1, 0.15) is 0 Å². The highest BCUT2D eigenvalue weighted by Gasteiger charge is 2.12. The highest BCUT2D eigenvalue weighted by atomic mass is 32.2. The van der Waals surface area contributed by atoms with Gasteiger partial charge >= 0.3 is 0 Å². The summed E-state index contributed by atoms with van der Waals surface area (Å²) >= 11 is 0. The van der Waals surface area contributed by atoms with E-state index in [1.54, 1.807) is 6.07 Å². The molecule has 6 heteroatoms. The van der Waals surface area contributed by atoms with E-state index in [4.69, 9.17) is 5.26 Å². The maximum Gasteiger partial charge on any atom is 0.211 e. The summed E-state index contributed by atoms with van der Waals surface area (Å²) in [5.41, 5.74) is 1.71. The predicted molar refractivity (Wildman–Crippen MR) is 79.6 cm³/mol. The molecule has 0 aromatic heterocycles. The molecule has 20 heavy (non-hydrogen) atoms. The third-order valence-corrected chi connectivity index (χ3v) is 4.35. The Morgan fingerprint density at radius 2 is 2.15 bits per heavy atom. The molecule has 0 saturated carbocycles. The molecule has 0 aliphatic heterocycles. The average Bonchev–Trinajstić information content (AvgIpc) is 2.41. The van der Waals surface area contributed by atoms with Crippen molar-refractivity contribution in [3.63, 3.8) is 0 Å². The van der Waals surface area contributed by atoms with Crippen molar-refractivity contribution in [1.82, 2.24) is 9.62 Å². The molecular weight excluding hydrogens is 274 g/mol. The second kappa shape index (κ2) is 8.00. The standard InChI is InChI=1S/C14H21N3O2S/c1-3-17(20(2,18)19)9-5-8-16-12-14-7-4-6-13(10-14)11-15/h4,6-7,10,16H,3,5,8-9,12H2,1-2H3. The molecule has 0 bridgehead atoms. The van der Waals surface area contributed by atoms with Crippen molar-refractivity contribution in [2.45, 2.75) is 19.9 Å². The first-order chi connectivity index (χ1) is 9.47. The van der Waals surface area contributed by atoms with Gasteiger partial charge in [0.2, 0.25) is 10.0 Å². The van der Waals surface area contributed by atoms with Crippen LogP contribution in [0.1, 0.15) is 24.5 Å². The molecule has 5 nitrogen and oxygen atoms in total. The largest absolute Gasteiger partial charge is 0.313 e. The zero-order valence-corrected chi connectivity index (χ0v) is 12.8. The van der Waals surface area contributed by atoms with E-state index in [2.05, 4.69) is 11.4 Å². The Balaban J connectivity index is 2.30. The predicted octanol–water partition coefficient (Wildman–Crippen LogP) is 1.32. The minimum absolute atomic E-state index is 0.503. The minimum Gasteiger partial charge on any atom is -0.313 e. The molecule has 110 valence electrons. The van der Waals surface area contributed by atoms with Crippen LogP contribution in [0.2, 0.25) is 0 Å². The average molecular weight is 295 g/mol. The summed E-state index contributed by atoms with van der Waals surface area (Å²) in [6.07, 6.45) is 2.00. The number of benzene rings is 1. The van der Waals surface area contributed by atoms with Gasteiger partial charge in [-0.3, -0.25) is 0 Å². The molecule has 1 N–H and O–H groups in total. The van der Waals surface area contributed by atoms with Gasteiger partial charge in [-0.2, -0.15) is 5.26 Å². The monoisotopic (exact) mass is 295 g/mol. The molecule has 0 fully saturated rings. The van der Waals surface area contributed by atoms with Crippen molar-refractivity contribution < 1.29 is 8.42 Å². The van der Waals surface area contributed by atoms with Crippen LogP contribution in [0, 0.1) is 11.3 Å². The molecule has 1 aromatic rings. The summed E-state index contributed by atoms with van der Waals surface area (Å²) < 4.78 is 24.2. The number of hydrogen-bond acceptors (Lipinski definition) is 4. The number of hydrogen-bond donors (Lipinski definition) is 1. The van der Waals surface area contributed by atoms with Crippen molar-refractivity contribution in [3.05, 3.63) is 35.4 Å². The van der Waals surface area contributed by atoms with Gasteiger partial charge in [-0.15, -0.1) is 0 Å². The second-order valence-electron chi connectivity index (χ2n) is 4.60. The van der Waals surface area contributed by atoms with Gasteiger partial charge in [-0.05, 0) is 30.7 Å². The molecule has 1 aromatic carbocycles. The lowest BCUT2D eigenvalue weighted by Gasteiger charge is -2.17. The lowest BCUT2D eigenvalue weighted by atomic mass is 10.1. The Kier molecular flexibility index (Phi) is 6.65. The molecular formula is C14H21N3O2S. The highest BCUT2D eigenvalue weighted by Crippen LogP contribution is 2.04. The van der Waals surface area contributed by atoms with Crippen LogP contribution in [0.4, 0.5) is 0 Å². The molecule has 0 amide bonds. The first kappa shape index (κ1) is 16.6. The van der Waals surface area contributed by atoms with E-state index in [-0.39, 0.29) is 0 Å². The molecule has 0 aliphatic rings. The van der Waals surface area contributed by atoms with Gasteiger partial charge in [0.15, 0.2) is 0 Å². The Morgan fingerprint density at radius 3 is 2.75 bits per heavy atom. The maximum absolute atomic E-state index is 11.4. The van der Waals surface area contributed by atoms with Gasteiger partial charge in [-0.1, -0.05) is 19.1 Å². The van der Waals surface area contributed by atoms with Gasteiger partial charge in [0.05, 0.1) is 17.9 Å². The maximum atomic E-state index is 11.4. The van der Waals surface area contributed by atoms with E-state index < -0.39 is 10.0 Å². The molecule has 0 saturated heterocycles. The fourth-order valence-electron chi connectivity index (χ4n) is 1.92. The number of rotatable bonds is 8.